The van der Waals surface area contributed by atoms with Gasteiger partial charge in [0.15, 0.2) is 5.13 Å². The van der Waals surface area contributed by atoms with E-state index in [1.807, 2.05) is 18.3 Å². The van der Waals surface area contributed by atoms with E-state index in [1.165, 1.54) is 37.7 Å². The quantitative estimate of drug-likeness (QED) is 0.508. The third-order valence-corrected chi connectivity index (χ3v) is 8.82. The number of nitrogen functional groups attached to an aromatic ring is 1. The molecule has 9 nitrogen and oxygen atoms in total. The first-order valence-corrected chi connectivity index (χ1v) is 14.2. The maximum absolute atomic E-state index is 6.28. The van der Waals surface area contributed by atoms with Crippen molar-refractivity contribution in [1.29, 1.82) is 0 Å². The Morgan fingerprint density at radius 2 is 1.81 bits per heavy atom. The van der Waals surface area contributed by atoms with Crippen LogP contribution in [0.1, 0.15) is 62.1 Å². The van der Waals surface area contributed by atoms with Crippen molar-refractivity contribution in [2.75, 3.05) is 50.4 Å². The lowest BCUT2D eigenvalue weighted by molar-refractivity contribution is 0.00726. The molecule has 1 aliphatic carbocycles. The SMILES string of the molecule is Nc1nc(CN2CCCCC2)c([C@H]2CC[C@H](N3CCOCC3)CC2)c(Nc2nc3cccnc3s2)n1. The number of anilines is 3. The second-order valence-corrected chi connectivity index (χ2v) is 11.2. The number of hydrogen-bond acceptors (Lipinski definition) is 10. The summed E-state index contributed by atoms with van der Waals surface area (Å²) in [5.74, 6) is 1.57. The van der Waals surface area contributed by atoms with Crippen LogP contribution < -0.4 is 11.1 Å². The summed E-state index contributed by atoms with van der Waals surface area (Å²) in [5, 5.41) is 4.34. The Hall–Kier alpha value is -2.40. The van der Waals surface area contributed by atoms with Gasteiger partial charge in [-0.15, -0.1) is 0 Å². The predicted molar refractivity (Wildman–Crippen MR) is 144 cm³/mol. The number of fused-ring (bicyclic) bond motifs is 1. The Morgan fingerprint density at radius 1 is 1.00 bits per heavy atom. The lowest BCUT2D eigenvalue weighted by Crippen LogP contribution is -2.44. The smallest absolute Gasteiger partial charge is 0.222 e. The van der Waals surface area contributed by atoms with Crippen LogP contribution in [0.4, 0.5) is 16.9 Å². The van der Waals surface area contributed by atoms with E-state index in [4.69, 9.17) is 25.4 Å². The topological polar surface area (TPSA) is 105 Å². The number of likely N-dealkylation sites (tertiary alicyclic amines) is 1. The summed E-state index contributed by atoms with van der Waals surface area (Å²) in [5.41, 5.74) is 9.50. The van der Waals surface area contributed by atoms with Crippen LogP contribution in [0.25, 0.3) is 10.3 Å². The summed E-state index contributed by atoms with van der Waals surface area (Å²) < 4.78 is 5.58. The van der Waals surface area contributed by atoms with E-state index in [1.54, 1.807) is 11.3 Å². The molecular weight excluding hydrogens is 472 g/mol. The second-order valence-electron chi connectivity index (χ2n) is 10.3. The maximum Gasteiger partial charge on any atom is 0.222 e. The third kappa shape index (κ3) is 5.32. The highest BCUT2D eigenvalue weighted by Crippen LogP contribution is 2.41. The highest BCUT2D eigenvalue weighted by molar-refractivity contribution is 7.21. The number of nitrogens with zero attached hydrogens (tertiary/aromatic N) is 6. The molecule has 0 radical (unpaired) electrons. The fourth-order valence-electron chi connectivity index (χ4n) is 6.11. The van der Waals surface area contributed by atoms with Crippen molar-refractivity contribution in [3.63, 3.8) is 0 Å². The van der Waals surface area contributed by atoms with Crippen LogP contribution in [0.2, 0.25) is 0 Å². The van der Waals surface area contributed by atoms with Crippen molar-refractivity contribution >= 4 is 38.6 Å². The first-order valence-electron chi connectivity index (χ1n) is 13.4. The van der Waals surface area contributed by atoms with Crippen LogP contribution in [0, 0.1) is 0 Å². The van der Waals surface area contributed by atoms with Gasteiger partial charge in [-0.25, -0.2) is 15.0 Å². The van der Waals surface area contributed by atoms with Gasteiger partial charge in [-0.3, -0.25) is 9.80 Å². The summed E-state index contributed by atoms with van der Waals surface area (Å²) in [4.78, 5) is 24.8. The minimum Gasteiger partial charge on any atom is -0.379 e. The van der Waals surface area contributed by atoms with Crippen molar-refractivity contribution in [3.8, 4) is 0 Å². The maximum atomic E-state index is 6.28. The number of morpholine rings is 1. The number of piperidine rings is 1. The zero-order valence-corrected chi connectivity index (χ0v) is 21.7. The lowest BCUT2D eigenvalue weighted by atomic mass is 9.80. The molecule has 3 aliphatic rings. The summed E-state index contributed by atoms with van der Waals surface area (Å²) in [7, 11) is 0. The number of thiazole rings is 1. The van der Waals surface area contributed by atoms with E-state index in [0.29, 0.717) is 17.9 Å². The molecule has 3 aromatic rings. The van der Waals surface area contributed by atoms with Crippen LogP contribution in [-0.2, 0) is 11.3 Å². The molecule has 10 heteroatoms. The lowest BCUT2D eigenvalue weighted by Gasteiger charge is -2.39. The first kappa shape index (κ1) is 24.0. The Labute approximate surface area is 216 Å². The van der Waals surface area contributed by atoms with Gasteiger partial charge in [0, 0.05) is 37.4 Å². The van der Waals surface area contributed by atoms with Crippen molar-refractivity contribution in [3.05, 3.63) is 29.6 Å². The largest absolute Gasteiger partial charge is 0.379 e. The molecule has 192 valence electrons. The average Bonchev–Trinajstić information content (AvgIpc) is 3.32. The van der Waals surface area contributed by atoms with Crippen LogP contribution in [0.5, 0.6) is 0 Å². The Bertz CT molecular complexity index is 1130. The van der Waals surface area contributed by atoms with Gasteiger partial charge in [-0.1, -0.05) is 17.8 Å². The second kappa shape index (κ2) is 10.9. The molecule has 0 aromatic carbocycles. The summed E-state index contributed by atoms with van der Waals surface area (Å²) in [6, 6.07) is 4.56. The monoisotopic (exact) mass is 508 g/mol. The van der Waals surface area contributed by atoms with Crippen LogP contribution in [0.15, 0.2) is 18.3 Å². The van der Waals surface area contributed by atoms with E-state index >= 15 is 0 Å². The molecule has 2 saturated heterocycles. The number of nitrogens with two attached hydrogens (primary N) is 1. The molecule has 5 heterocycles. The third-order valence-electron chi connectivity index (χ3n) is 7.92. The van der Waals surface area contributed by atoms with Crippen LogP contribution >= 0.6 is 11.3 Å². The van der Waals surface area contributed by atoms with Crippen molar-refractivity contribution < 1.29 is 4.74 Å². The van der Waals surface area contributed by atoms with Gasteiger partial charge in [-0.05, 0) is 69.7 Å². The Balaban J connectivity index is 1.29. The number of ether oxygens (including phenoxy) is 1. The van der Waals surface area contributed by atoms with E-state index in [0.717, 1.165) is 85.8 Å². The molecular formula is C26H36N8OS. The minimum absolute atomic E-state index is 0.328. The fourth-order valence-corrected chi connectivity index (χ4v) is 6.91. The number of aromatic nitrogens is 4. The van der Waals surface area contributed by atoms with Gasteiger partial charge in [0.25, 0.3) is 0 Å². The zero-order chi connectivity index (χ0) is 24.3. The van der Waals surface area contributed by atoms with E-state index in [2.05, 4.69) is 20.1 Å². The molecule has 0 unspecified atom stereocenters. The Morgan fingerprint density at radius 3 is 2.58 bits per heavy atom. The van der Waals surface area contributed by atoms with Gasteiger partial charge in [-0.2, -0.15) is 4.98 Å². The molecule has 3 fully saturated rings. The van der Waals surface area contributed by atoms with Crippen molar-refractivity contribution in [2.24, 2.45) is 0 Å². The first-order chi connectivity index (χ1) is 17.7. The summed E-state index contributed by atoms with van der Waals surface area (Å²) in [6.07, 6.45) is 10.3. The number of pyridine rings is 1. The van der Waals surface area contributed by atoms with Gasteiger partial charge in [0.05, 0.1) is 18.9 Å². The van der Waals surface area contributed by atoms with Gasteiger partial charge < -0.3 is 15.8 Å². The van der Waals surface area contributed by atoms with Crippen LogP contribution in [-0.4, -0.2) is 75.2 Å². The highest BCUT2D eigenvalue weighted by Gasteiger charge is 2.32. The summed E-state index contributed by atoms with van der Waals surface area (Å²) >= 11 is 1.55. The molecule has 36 heavy (non-hydrogen) atoms. The standard InChI is InChI=1S/C26H36N8OS/c27-25-29-21(17-33-11-2-1-3-12-33)22(18-6-8-19(9-7-18)34-13-15-35-16-14-34)23(31-25)32-26-30-20-5-4-10-28-24(20)36-26/h4-5,10,18-19H,1-3,6-9,11-17H2,(H3,27,29,30,31,32)/t18-,19-. The van der Waals surface area contributed by atoms with Crippen molar-refractivity contribution in [1.82, 2.24) is 29.7 Å². The Kier molecular flexibility index (Phi) is 7.27. The van der Waals surface area contributed by atoms with Crippen LogP contribution in [0.3, 0.4) is 0 Å². The molecule has 1 saturated carbocycles. The molecule has 3 aromatic heterocycles. The van der Waals surface area contributed by atoms with Gasteiger partial charge >= 0.3 is 0 Å². The van der Waals surface area contributed by atoms with Gasteiger partial charge in [0.2, 0.25) is 5.95 Å². The molecule has 0 bridgehead atoms. The minimum atomic E-state index is 0.328. The summed E-state index contributed by atoms with van der Waals surface area (Å²) in [6.45, 7) is 6.91. The molecule has 0 atom stereocenters. The number of rotatable bonds is 6. The highest BCUT2D eigenvalue weighted by atomic mass is 32.1. The van der Waals surface area contributed by atoms with Gasteiger partial charge in [0.1, 0.15) is 16.2 Å². The molecule has 0 spiro atoms. The number of nitrogens with one attached hydrogen (secondary N) is 1. The van der Waals surface area contributed by atoms with E-state index in [9.17, 15) is 0 Å². The van der Waals surface area contributed by atoms with Crippen molar-refractivity contribution in [2.45, 2.75) is 63.5 Å². The van der Waals surface area contributed by atoms with E-state index < -0.39 is 0 Å². The zero-order valence-electron chi connectivity index (χ0n) is 20.9. The molecule has 3 N–H and O–H groups in total. The number of hydrogen-bond donors (Lipinski definition) is 2. The predicted octanol–water partition coefficient (Wildman–Crippen LogP) is 4.15. The molecule has 0 amide bonds. The molecule has 6 rings (SSSR count). The molecule has 2 aliphatic heterocycles. The normalized spacial score (nSPS) is 24.2. The fraction of sp³-hybridized carbons (Fsp3) is 0.615. The van der Waals surface area contributed by atoms with E-state index in [-0.39, 0.29) is 0 Å². The average molecular weight is 509 g/mol.